The number of aliphatic imine (C=N–C) groups is 1. The third kappa shape index (κ3) is 6.47. The Morgan fingerprint density at radius 3 is 2.57 bits per heavy atom. The molecular weight excluding hydrogens is 419 g/mol. The lowest BCUT2D eigenvalue weighted by Crippen LogP contribution is -2.38. The summed E-state index contributed by atoms with van der Waals surface area (Å²) in [4.78, 5) is 12.4. The number of aryl methyl sites for hydroxylation is 1. The number of aromatic nitrogens is 1. The number of hydrogen-bond donors (Lipinski definition) is 1. The van der Waals surface area contributed by atoms with Crippen LogP contribution in [0.4, 0.5) is 0 Å². The van der Waals surface area contributed by atoms with E-state index < -0.39 is 0 Å². The highest BCUT2D eigenvalue weighted by Crippen LogP contribution is 2.20. The standard InChI is InChI=1S/C17H24N4S.HI/c1-13(16-18-11-14(2)22-16)10-19-17(21(3)4)20-12-15-8-6-5-7-9-15;/h5-9,11,13H,10,12H2,1-4H3,(H,19,20);1H. The van der Waals surface area contributed by atoms with Crippen molar-refractivity contribution in [3.63, 3.8) is 0 Å². The van der Waals surface area contributed by atoms with Gasteiger partial charge in [-0.1, -0.05) is 37.3 Å². The van der Waals surface area contributed by atoms with E-state index in [0.29, 0.717) is 12.5 Å². The van der Waals surface area contributed by atoms with Gasteiger partial charge in [-0.05, 0) is 12.5 Å². The second-order valence-electron chi connectivity index (χ2n) is 5.61. The summed E-state index contributed by atoms with van der Waals surface area (Å²) in [6, 6.07) is 10.3. The molecule has 0 amide bonds. The molecule has 126 valence electrons. The molecule has 0 aliphatic carbocycles. The molecule has 0 bridgehead atoms. The molecule has 2 aromatic rings. The van der Waals surface area contributed by atoms with Crippen LogP contribution in [0.3, 0.4) is 0 Å². The van der Waals surface area contributed by atoms with Crippen LogP contribution in [0.15, 0.2) is 41.5 Å². The number of halogens is 1. The molecule has 23 heavy (non-hydrogen) atoms. The summed E-state index contributed by atoms with van der Waals surface area (Å²) >= 11 is 1.76. The normalized spacial score (nSPS) is 12.4. The van der Waals surface area contributed by atoms with E-state index in [9.17, 15) is 0 Å². The fourth-order valence-electron chi connectivity index (χ4n) is 2.04. The number of benzene rings is 1. The molecule has 2 rings (SSSR count). The molecule has 0 saturated heterocycles. The van der Waals surface area contributed by atoms with E-state index in [1.165, 1.54) is 15.4 Å². The van der Waals surface area contributed by atoms with Crippen LogP contribution in [0.2, 0.25) is 0 Å². The van der Waals surface area contributed by atoms with Gasteiger partial charge < -0.3 is 10.2 Å². The Labute approximate surface area is 160 Å². The van der Waals surface area contributed by atoms with Crippen LogP contribution in [-0.4, -0.2) is 36.5 Å². The second kappa shape index (κ2) is 9.87. The minimum absolute atomic E-state index is 0. The summed E-state index contributed by atoms with van der Waals surface area (Å²) in [6.45, 7) is 5.80. The van der Waals surface area contributed by atoms with Gasteiger partial charge in [-0.15, -0.1) is 35.3 Å². The maximum absolute atomic E-state index is 4.68. The largest absolute Gasteiger partial charge is 0.356 e. The molecule has 1 aromatic heterocycles. The molecule has 1 unspecified atom stereocenters. The quantitative estimate of drug-likeness (QED) is 0.432. The minimum atomic E-state index is 0. The minimum Gasteiger partial charge on any atom is -0.356 e. The zero-order chi connectivity index (χ0) is 15.9. The summed E-state index contributed by atoms with van der Waals surface area (Å²) < 4.78 is 0. The van der Waals surface area contributed by atoms with Crippen molar-refractivity contribution in [2.45, 2.75) is 26.3 Å². The first-order valence-electron chi connectivity index (χ1n) is 7.48. The van der Waals surface area contributed by atoms with Gasteiger partial charge in [0.05, 0.1) is 11.6 Å². The van der Waals surface area contributed by atoms with Crippen molar-refractivity contribution in [3.8, 4) is 0 Å². The van der Waals surface area contributed by atoms with Gasteiger partial charge in [-0.3, -0.25) is 0 Å². The van der Waals surface area contributed by atoms with E-state index >= 15 is 0 Å². The Hall–Kier alpha value is -1.15. The molecular formula is C17H25IN4S. The third-order valence-corrected chi connectivity index (χ3v) is 4.45. The third-order valence-electron chi connectivity index (χ3n) is 3.30. The van der Waals surface area contributed by atoms with Crippen molar-refractivity contribution in [2.24, 2.45) is 4.99 Å². The van der Waals surface area contributed by atoms with Gasteiger partial charge in [0, 0.05) is 37.6 Å². The highest BCUT2D eigenvalue weighted by atomic mass is 127. The van der Waals surface area contributed by atoms with Crippen molar-refractivity contribution in [3.05, 3.63) is 52.0 Å². The maximum Gasteiger partial charge on any atom is 0.193 e. The molecule has 1 heterocycles. The molecule has 1 N–H and O–H groups in total. The Kier molecular flexibility index (Phi) is 8.54. The average Bonchev–Trinajstić information content (AvgIpc) is 2.94. The number of nitrogens with zero attached hydrogens (tertiary/aromatic N) is 3. The Morgan fingerprint density at radius 2 is 2.00 bits per heavy atom. The predicted molar refractivity (Wildman–Crippen MR) is 110 cm³/mol. The van der Waals surface area contributed by atoms with Crippen LogP contribution in [0.5, 0.6) is 0 Å². The number of guanidine groups is 1. The van der Waals surface area contributed by atoms with Gasteiger partial charge in [0.2, 0.25) is 0 Å². The van der Waals surface area contributed by atoms with Gasteiger partial charge >= 0.3 is 0 Å². The monoisotopic (exact) mass is 444 g/mol. The van der Waals surface area contributed by atoms with Crippen LogP contribution in [0.1, 0.15) is 28.3 Å². The highest BCUT2D eigenvalue weighted by Gasteiger charge is 2.11. The van der Waals surface area contributed by atoms with Crippen molar-refractivity contribution >= 4 is 41.3 Å². The Morgan fingerprint density at radius 1 is 1.30 bits per heavy atom. The predicted octanol–water partition coefficient (Wildman–Crippen LogP) is 3.88. The van der Waals surface area contributed by atoms with E-state index in [1.54, 1.807) is 11.3 Å². The molecule has 4 nitrogen and oxygen atoms in total. The topological polar surface area (TPSA) is 40.5 Å². The molecule has 0 fully saturated rings. The summed E-state index contributed by atoms with van der Waals surface area (Å²) in [5, 5.41) is 4.61. The van der Waals surface area contributed by atoms with Crippen LogP contribution < -0.4 is 5.32 Å². The average molecular weight is 444 g/mol. The zero-order valence-corrected chi connectivity index (χ0v) is 17.3. The van der Waals surface area contributed by atoms with Gasteiger partial charge in [0.1, 0.15) is 0 Å². The molecule has 0 radical (unpaired) electrons. The molecule has 0 saturated carbocycles. The Balaban J connectivity index is 0.00000264. The van der Waals surface area contributed by atoms with Crippen LogP contribution >= 0.6 is 35.3 Å². The lowest BCUT2D eigenvalue weighted by atomic mass is 10.2. The highest BCUT2D eigenvalue weighted by molar-refractivity contribution is 14.0. The maximum atomic E-state index is 4.68. The Bertz CT molecular complexity index is 610. The van der Waals surface area contributed by atoms with Gasteiger partial charge in [-0.2, -0.15) is 0 Å². The molecule has 6 heteroatoms. The van der Waals surface area contributed by atoms with Crippen LogP contribution in [-0.2, 0) is 6.54 Å². The van der Waals surface area contributed by atoms with E-state index in [-0.39, 0.29) is 24.0 Å². The van der Waals surface area contributed by atoms with E-state index in [1.807, 2.05) is 43.4 Å². The molecule has 0 aliphatic heterocycles. The van der Waals surface area contributed by atoms with E-state index in [2.05, 4.69) is 41.3 Å². The molecule has 0 spiro atoms. The van der Waals surface area contributed by atoms with Crippen molar-refractivity contribution < 1.29 is 0 Å². The molecule has 1 atom stereocenters. The lowest BCUT2D eigenvalue weighted by molar-refractivity contribution is 0.567. The summed E-state index contributed by atoms with van der Waals surface area (Å²) in [5.74, 6) is 1.28. The zero-order valence-electron chi connectivity index (χ0n) is 14.1. The van der Waals surface area contributed by atoms with Crippen LogP contribution in [0.25, 0.3) is 0 Å². The summed E-state index contributed by atoms with van der Waals surface area (Å²) in [7, 11) is 4.02. The number of hydrogen-bond acceptors (Lipinski definition) is 3. The second-order valence-corrected chi connectivity index (χ2v) is 6.88. The number of thiazole rings is 1. The lowest BCUT2D eigenvalue weighted by Gasteiger charge is -2.19. The fourth-order valence-corrected chi connectivity index (χ4v) is 2.86. The molecule has 0 aliphatic rings. The number of nitrogens with one attached hydrogen (secondary N) is 1. The van der Waals surface area contributed by atoms with Crippen molar-refractivity contribution in [1.29, 1.82) is 0 Å². The van der Waals surface area contributed by atoms with Crippen molar-refractivity contribution in [2.75, 3.05) is 20.6 Å². The first kappa shape index (κ1) is 19.9. The van der Waals surface area contributed by atoms with Crippen LogP contribution in [0, 0.1) is 6.92 Å². The summed E-state index contributed by atoms with van der Waals surface area (Å²) in [6.07, 6.45) is 1.94. The van der Waals surface area contributed by atoms with Gasteiger partial charge in [0.15, 0.2) is 5.96 Å². The first-order valence-corrected chi connectivity index (χ1v) is 8.30. The SMILES string of the molecule is Cc1cnc(C(C)CNC(=NCc2ccccc2)N(C)C)s1.I. The summed E-state index contributed by atoms with van der Waals surface area (Å²) in [5.41, 5.74) is 1.22. The molecule has 1 aromatic carbocycles. The van der Waals surface area contributed by atoms with Gasteiger partial charge in [0.25, 0.3) is 0 Å². The van der Waals surface area contributed by atoms with E-state index in [0.717, 1.165) is 12.5 Å². The first-order chi connectivity index (χ1) is 10.6. The van der Waals surface area contributed by atoms with E-state index in [4.69, 9.17) is 0 Å². The van der Waals surface area contributed by atoms with Gasteiger partial charge in [-0.25, -0.2) is 9.98 Å². The fraction of sp³-hybridized carbons (Fsp3) is 0.412. The van der Waals surface area contributed by atoms with Crippen molar-refractivity contribution in [1.82, 2.24) is 15.2 Å². The number of rotatable bonds is 5. The smallest absolute Gasteiger partial charge is 0.193 e.